The molecule has 2 heterocycles. The van der Waals surface area contributed by atoms with E-state index in [4.69, 9.17) is 0 Å². The predicted octanol–water partition coefficient (Wildman–Crippen LogP) is 2.80. The van der Waals surface area contributed by atoms with Crippen LogP contribution in [0.1, 0.15) is 36.8 Å². The molecule has 1 aromatic rings. The van der Waals surface area contributed by atoms with E-state index in [-0.39, 0.29) is 0 Å². The Labute approximate surface area is 103 Å². The molecule has 0 bridgehead atoms. The molecule has 1 aliphatic rings. The molecule has 0 aliphatic carbocycles. The van der Waals surface area contributed by atoms with Crippen molar-refractivity contribution in [2.75, 3.05) is 19.6 Å². The highest BCUT2D eigenvalue weighted by atomic mass is 32.1. The van der Waals surface area contributed by atoms with Crippen LogP contribution in [0, 0.1) is 6.92 Å². The fraction of sp³-hybridized carbons (Fsp3) is 0.692. The van der Waals surface area contributed by atoms with Gasteiger partial charge in [0, 0.05) is 30.1 Å². The summed E-state index contributed by atoms with van der Waals surface area (Å²) in [5.41, 5.74) is 1.45. The van der Waals surface area contributed by atoms with Crippen molar-refractivity contribution in [2.24, 2.45) is 0 Å². The summed E-state index contributed by atoms with van der Waals surface area (Å²) in [6.07, 6.45) is 1.24. The van der Waals surface area contributed by atoms with Crippen molar-refractivity contribution < 1.29 is 0 Å². The standard InChI is InChI=1S/C13H22N2S/c1-4-6-15(12-8-14-9-12)11(3)13-10(2)5-7-16-13/h5,7,11-12,14H,4,6,8-9H2,1-3H3. The predicted molar refractivity (Wildman–Crippen MR) is 71.1 cm³/mol. The summed E-state index contributed by atoms with van der Waals surface area (Å²) in [4.78, 5) is 4.20. The van der Waals surface area contributed by atoms with E-state index in [9.17, 15) is 0 Å². The van der Waals surface area contributed by atoms with Crippen LogP contribution in [0.15, 0.2) is 11.4 Å². The number of thiophene rings is 1. The van der Waals surface area contributed by atoms with Gasteiger partial charge in [0.1, 0.15) is 0 Å². The maximum Gasteiger partial charge on any atom is 0.0419 e. The number of hydrogen-bond donors (Lipinski definition) is 1. The van der Waals surface area contributed by atoms with Gasteiger partial charge in [-0.15, -0.1) is 11.3 Å². The number of rotatable bonds is 5. The number of hydrogen-bond acceptors (Lipinski definition) is 3. The molecule has 0 amide bonds. The Kier molecular flexibility index (Phi) is 4.00. The molecule has 0 spiro atoms. The van der Waals surface area contributed by atoms with Gasteiger partial charge in [-0.2, -0.15) is 0 Å². The first kappa shape index (κ1) is 12.1. The van der Waals surface area contributed by atoms with E-state index < -0.39 is 0 Å². The van der Waals surface area contributed by atoms with Crippen LogP contribution < -0.4 is 5.32 Å². The lowest BCUT2D eigenvalue weighted by Crippen LogP contribution is -2.57. The first-order valence-corrected chi connectivity index (χ1v) is 7.12. The Bertz CT molecular complexity index is 330. The van der Waals surface area contributed by atoms with Gasteiger partial charge in [0.15, 0.2) is 0 Å². The van der Waals surface area contributed by atoms with Crippen molar-refractivity contribution in [1.29, 1.82) is 0 Å². The molecule has 16 heavy (non-hydrogen) atoms. The molecular weight excluding hydrogens is 216 g/mol. The van der Waals surface area contributed by atoms with Crippen LogP contribution in [0.4, 0.5) is 0 Å². The van der Waals surface area contributed by atoms with Gasteiger partial charge in [-0.3, -0.25) is 4.90 Å². The van der Waals surface area contributed by atoms with Gasteiger partial charge in [-0.1, -0.05) is 6.92 Å². The third-order valence-corrected chi connectivity index (χ3v) is 4.68. The second kappa shape index (κ2) is 5.30. The monoisotopic (exact) mass is 238 g/mol. The van der Waals surface area contributed by atoms with Crippen LogP contribution in [-0.2, 0) is 0 Å². The van der Waals surface area contributed by atoms with Crippen molar-refractivity contribution in [3.05, 3.63) is 21.9 Å². The normalized spacial score (nSPS) is 18.8. The summed E-state index contributed by atoms with van der Waals surface area (Å²) < 4.78 is 0. The highest BCUT2D eigenvalue weighted by Gasteiger charge is 2.29. The van der Waals surface area contributed by atoms with Crippen LogP contribution in [0.2, 0.25) is 0 Å². The van der Waals surface area contributed by atoms with Crippen molar-refractivity contribution in [2.45, 2.75) is 39.3 Å². The highest BCUT2D eigenvalue weighted by Crippen LogP contribution is 2.30. The van der Waals surface area contributed by atoms with Crippen molar-refractivity contribution in [3.63, 3.8) is 0 Å². The van der Waals surface area contributed by atoms with Crippen molar-refractivity contribution in [1.82, 2.24) is 10.2 Å². The Hall–Kier alpha value is -0.380. The van der Waals surface area contributed by atoms with Gasteiger partial charge in [0.05, 0.1) is 0 Å². The van der Waals surface area contributed by atoms with Gasteiger partial charge in [-0.05, 0) is 43.8 Å². The molecule has 0 saturated carbocycles. The van der Waals surface area contributed by atoms with E-state index in [2.05, 4.69) is 42.4 Å². The SMILES string of the molecule is CCCN(C1CNC1)C(C)c1sccc1C. The Morgan fingerprint density at radius 1 is 1.56 bits per heavy atom. The minimum absolute atomic E-state index is 0.576. The molecule has 1 aliphatic heterocycles. The minimum atomic E-state index is 0.576. The molecule has 90 valence electrons. The zero-order valence-electron chi connectivity index (χ0n) is 10.5. The van der Waals surface area contributed by atoms with E-state index in [0.29, 0.717) is 6.04 Å². The third-order valence-electron chi connectivity index (χ3n) is 3.49. The second-order valence-electron chi connectivity index (χ2n) is 4.69. The molecule has 1 fully saturated rings. The maximum atomic E-state index is 3.38. The lowest BCUT2D eigenvalue weighted by molar-refractivity contribution is 0.104. The van der Waals surface area contributed by atoms with Crippen LogP contribution in [0.3, 0.4) is 0 Å². The average molecular weight is 238 g/mol. The number of nitrogens with zero attached hydrogens (tertiary/aromatic N) is 1. The zero-order valence-corrected chi connectivity index (χ0v) is 11.3. The molecule has 1 aromatic heterocycles. The summed E-state index contributed by atoms with van der Waals surface area (Å²) in [5, 5.41) is 5.59. The fourth-order valence-electron chi connectivity index (χ4n) is 2.42. The van der Waals surface area contributed by atoms with E-state index >= 15 is 0 Å². The summed E-state index contributed by atoms with van der Waals surface area (Å²) >= 11 is 1.90. The molecule has 1 N–H and O–H groups in total. The van der Waals surface area contributed by atoms with Gasteiger partial charge in [0.25, 0.3) is 0 Å². The summed E-state index contributed by atoms with van der Waals surface area (Å²) in [7, 11) is 0. The summed E-state index contributed by atoms with van der Waals surface area (Å²) in [6, 6.07) is 3.56. The molecular formula is C13H22N2S. The summed E-state index contributed by atoms with van der Waals surface area (Å²) in [5.74, 6) is 0. The molecule has 2 rings (SSSR count). The molecule has 3 heteroatoms. The molecule has 1 saturated heterocycles. The third kappa shape index (κ3) is 2.31. The first-order valence-electron chi connectivity index (χ1n) is 6.24. The first-order chi connectivity index (χ1) is 7.74. The molecule has 1 atom stereocenters. The summed E-state index contributed by atoms with van der Waals surface area (Å²) in [6.45, 7) is 10.4. The van der Waals surface area contributed by atoms with Gasteiger partial charge in [0.2, 0.25) is 0 Å². The van der Waals surface area contributed by atoms with Crippen LogP contribution in [0.25, 0.3) is 0 Å². The number of aryl methyl sites for hydroxylation is 1. The van der Waals surface area contributed by atoms with Crippen molar-refractivity contribution >= 4 is 11.3 Å². The second-order valence-corrected chi connectivity index (χ2v) is 5.64. The van der Waals surface area contributed by atoms with E-state index in [1.807, 2.05) is 11.3 Å². The lowest BCUT2D eigenvalue weighted by atomic mass is 10.1. The Morgan fingerprint density at radius 2 is 2.31 bits per heavy atom. The topological polar surface area (TPSA) is 15.3 Å². The minimum Gasteiger partial charge on any atom is -0.314 e. The van der Waals surface area contributed by atoms with Crippen LogP contribution >= 0.6 is 11.3 Å². The molecule has 0 aromatic carbocycles. The largest absolute Gasteiger partial charge is 0.314 e. The Balaban J connectivity index is 2.09. The molecule has 1 unspecified atom stereocenters. The zero-order chi connectivity index (χ0) is 11.5. The lowest BCUT2D eigenvalue weighted by Gasteiger charge is -2.41. The van der Waals surface area contributed by atoms with E-state index in [0.717, 1.165) is 19.1 Å². The highest BCUT2D eigenvalue weighted by molar-refractivity contribution is 7.10. The van der Waals surface area contributed by atoms with Crippen LogP contribution in [0.5, 0.6) is 0 Å². The van der Waals surface area contributed by atoms with Gasteiger partial charge in [-0.25, -0.2) is 0 Å². The van der Waals surface area contributed by atoms with Gasteiger partial charge >= 0.3 is 0 Å². The molecule has 2 nitrogen and oxygen atoms in total. The number of nitrogens with one attached hydrogen (secondary N) is 1. The van der Waals surface area contributed by atoms with E-state index in [1.54, 1.807) is 4.88 Å². The van der Waals surface area contributed by atoms with Gasteiger partial charge < -0.3 is 5.32 Å². The van der Waals surface area contributed by atoms with E-state index in [1.165, 1.54) is 18.5 Å². The quantitative estimate of drug-likeness (QED) is 0.848. The maximum absolute atomic E-state index is 3.38. The smallest absolute Gasteiger partial charge is 0.0419 e. The van der Waals surface area contributed by atoms with Crippen LogP contribution in [-0.4, -0.2) is 30.6 Å². The Morgan fingerprint density at radius 3 is 2.75 bits per heavy atom. The van der Waals surface area contributed by atoms with Crippen molar-refractivity contribution in [3.8, 4) is 0 Å². The molecule has 0 radical (unpaired) electrons. The fourth-order valence-corrected chi connectivity index (χ4v) is 3.43. The average Bonchev–Trinajstić information content (AvgIpc) is 2.60.